The first kappa shape index (κ1) is 12.4. The maximum Gasteiger partial charge on any atom is 0.230 e. The minimum absolute atomic E-state index is 0.0880. The van der Waals surface area contributed by atoms with Gasteiger partial charge in [0.2, 0.25) is 5.91 Å². The lowest BCUT2D eigenvalue weighted by molar-refractivity contribution is -0.119. The van der Waals surface area contributed by atoms with E-state index in [1.807, 2.05) is 13.0 Å². The van der Waals surface area contributed by atoms with Crippen LogP contribution in [0.4, 0.5) is 5.69 Å². The van der Waals surface area contributed by atoms with Gasteiger partial charge in [0, 0.05) is 7.05 Å². The van der Waals surface area contributed by atoms with Crippen molar-refractivity contribution in [1.82, 2.24) is 0 Å². The molecule has 2 rings (SSSR count). The van der Waals surface area contributed by atoms with Crippen molar-refractivity contribution < 1.29 is 9.53 Å². The van der Waals surface area contributed by atoms with E-state index < -0.39 is 0 Å². The zero-order chi connectivity index (χ0) is 12.6. The van der Waals surface area contributed by atoms with Crippen LogP contribution in [0.25, 0.3) is 0 Å². The van der Waals surface area contributed by atoms with E-state index in [1.165, 1.54) is 5.56 Å². The molecule has 1 unspecified atom stereocenters. The number of halogens is 1. The minimum Gasteiger partial charge on any atom is -0.487 e. The molecule has 4 heteroatoms. The van der Waals surface area contributed by atoms with Gasteiger partial charge in [0.15, 0.2) is 5.75 Å². The Morgan fingerprint density at radius 1 is 1.53 bits per heavy atom. The molecule has 1 aromatic rings. The first-order valence-corrected chi connectivity index (χ1v) is 6.57. The van der Waals surface area contributed by atoms with Gasteiger partial charge in [0.25, 0.3) is 0 Å². The molecule has 1 heterocycles. The van der Waals surface area contributed by atoms with Crippen molar-refractivity contribution in [3.8, 4) is 5.75 Å². The highest BCUT2D eigenvalue weighted by atomic mass is 79.9. The van der Waals surface area contributed by atoms with Crippen molar-refractivity contribution >= 4 is 27.5 Å². The topological polar surface area (TPSA) is 29.5 Å². The predicted molar refractivity (Wildman–Crippen MR) is 71.6 cm³/mol. The second-order valence-electron chi connectivity index (χ2n) is 4.36. The Hall–Kier alpha value is -1.03. The largest absolute Gasteiger partial charge is 0.487 e. The Morgan fingerprint density at radius 2 is 2.24 bits per heavy atom. The molecule has 92 valence electrons. The summed E-state index contributed by atoms with van der Waals surface area (Å²) in [5.74, 6) is 0.861. The molecular formula is C13H16BrNO2. The first-order valence-electron chi connectivity index (χ1n) is 5.78. The van der Waals surface area contributed by atoms with Crippen LogP contribution >= 0.6 is 15.9 Å². The van der Waals surface area contributed by atoms with E-state index in [0.29, 0.717) is 6.42 Å². The van der Waals surface area contributed by atoms with Crippen molar-refractivity contribution in [3.63, 3.8) is 0 Å². The van der Waals surface area contributed by atoms with E-state index in [-0.39, 0.29) is 12.0 Å². The number of anilines is 1. The summed E-state index contributed by atoms with van der Waals surface area (Å²) in [6.07, 6.45) is 1.26. The monoisotopic (exact) mass is 297 g/mol. The van der Waals surface area contributed by atoms with Crippen molar-refractivity contribution in [2.45, 2.75) is 32.8 Å². The zero-order valence-electron chi connectivity index (χ0n) is 10.3. The number of carbonyl (C=O) groups excluding carboxylic acids is 1. The third-order valence-electron chi connectivity index (χ3n) is 3.01. The molecule has 0 spiro atoms. The molecule has 0 radical (unpaired) electrons. The molecule has 1 atom stereocenters. The van der Waals surface area contributed by atoms with Crippen molar-refractivity contribution in [2.24, 2.45) is 0 Å². The second kappa shape index (κ2) is 4.69. The SMILES string of the molecule is CCc1cc(Br)c2c(c1)N(C)C(=O)CC(C)O2. The molecule has 0 saturated heterocycles. The van der Waals surface area contributed by atoms with Gasteiger partial charge < -0.3 is 9.64 Å². The third-order valence-corrected chi connectivity index (χ3v) is 3.60. The molecule has 1 aliphatic heterocycles. The van der Waals surface area contributed by atoms with Crippen molar-refractivity contribution in [1.29, 1.82) is 0 Å². The maximum atomic E-state index is 11.9. The average molecular weight is 298 g/mol. The predicted octanol–water partition coefficient (Wildman–Crippen LogP) is 3.15. The summed E-state index contributed by atoms with van der Waals surface area (Å²) in [6, 6.07) is 4.07. The summed E-state index contributed by atoms with van der Waals surface area (Å²) in [4.78, 5) is 13.6. The highest BCUT2D eigenvalue weighted by Gasteiger charge is 2.26. The van der Waals surface area contributed by atoms with E-state index in [9.17, 15) is 4.79 Å². The summed E-state index contributed by atoms with van der Waals surface area (Å²) in [5, 5.41) is 0. The molecule has 0 aliphatic carbocycles. The minimum atomic E-state index is -0.0880. The lowest BCUT2D eigenvalue weighted by atomic mass is 10.1. The average Bonchev–Trinajstić information content (AvgIpc) is 2.39. The van der Waals surface area contributed by atoms with Crippen LogP contribution in [0.1, 0.15) is 25.8 Å². The lowest BCUT2D eigenvalue weighted by Crippen LogP contribution is -2.27. The summed E-state index contributed by atoms with van der Waals surface area (Å²) >= 11 is 3.52. The van der Waals surface area contributed by atoms with Gasteiger partial charge in [-0.2, -0.15) is 0 Å². The van der Waals surface area contributed by atoms with Crippen LogP contribution in [-0.4, -0.2) is 19.1 Å². The number of rotatable bonds is 1. The fourth-order valence-electron chi connectivity index (χ4n) is 1.96. The quantitative estimate of drug-likeness (QED) is 0.797. The molecular weight excluding hydrogens is 282 g/mol. The molecule has 1 aromatic carbocycles. The number of aryl methyl sites for hydroxylation is 1. The van der Waals surface area contributed by atoms with Gasteiger partial charge in [-0.1, -0.05) is 6.92 Å². The highest BCUT2D eigenvalue weighted by Crippen LogP contribution is 2.39. The Morgan fingerprint density at radius 3 is 2.88 bits per heavy atom. The van der Waals surface area contributed by atoms with Crippen LogP contribution in [0, 0.1) is 0 Å². The van der Waals surface area contributed by atoms with Crippen LogP contribution in [0.2, 0.25) is 0 Å². The second-order valence-corrected chi connectivity index (χ2v) is 5.22. The molecule has 0 saturated carbocycles. The number of hydrogen-bond donors (Lipinski definition) is 0. The van der Waals surface area contributed by atoms with Crippen LogP contribution in [-0.2, 0) is 11.2 Å². The number of fused-ring (bicyclic) bond motifs is 1. The van der Waals surface area contributed by atoms with Gasteiger partial charge in [-0.05, 0) is 47.0 Å². The number of amides is 1. The normalized spacial score (nSPS) is 19.6. The summed E-state index contributed by atoms with van der Waals surface area (Å²) < 4.78 is 6.74. The highest BCUT2D eigenvalue weighted by molar-refractivity contribution is 9.10. The van der Waals surface area contributed by atoms with Crippen LogP contribution in [0.3, 0.4) is 0 Å². The smallest absolute Gasteiger partial charge is 0.230 e. The zero-order valence-corrected chi connectivity index (χ0v) is 11.9. The van der Waals surface area contributed by atoms with Gasteiger partial charge in [0.1, 0.15) is 6.10 Å². The number of benzene rings is 1. The van der Waals surface area contributed by atoms with Crippen molar-refractivity contribution in [3.05, 3.63) is 22.2 Å². The lowest BCUT2D eigenvalue weighted by Gasteiger charge is -2.18. The van der Waals surface area contributed by atoms with E-state index in [0.717, 1.165) is 22.3 Å². The van der Waals surface area contributed by atoms with E-state index in [4.69, 9.17) is 4.74 Å². The van der Waals surface area contributed by atoms with Crippen molar-refractivity contribution in [2.75, 3.05) is 11.9 Å². The standard InChI is InChI=1S/C13H16BrNO2/c1-4-9-6-10(14)13-11(7-9)15(3)12(16)5-8(2)17-13/h6-8H,4-5H2,1-3H3. The number of carbonyl (C=O) groups is 1. The fraction of sp³-hybridized carbons (Fsp3) is 0.462. The van der Waals surface area contributed by atoms with E-state index >= 15 is 0 Å². The summed E-state index contributed by atoms with van der Waals surface area (Å²) in [6.45, 7) is 4.01. The summed E-state index contributed by atoms with van der Waals surface area (Å²) in [7, 11) is 1.80. The first-order chi connectivity index (χ1) is 8.02. The molecule has 1 aliphatic rings. The van der Waals surface area contributed by atoms with Gasteiger partial charge in [-0.3, -0.25) is 4.79 Å². The Labute approximate surface area is 110 Å². The van der Waals surface area contributed by atoms with Gasteiger partial charge in [-0.15, -0.1) is 0 Å². The van der Waals surface area contributed by atoms with Gasteiger partial charge in [-0.25, -0.2) is 0 Å². The molecule has 1 amide bonds. The molecule has 0 aromatic heterocycles. The van der Waals surface area contributed by atoms with E-state index in [1.54, 1.807) is 11.9 Å². The summed E-state index contributed by atoms with van der Waals surface area (Å²) in [5.41, 5.74) is 2.04. The maximum absolute atomic E-state index is 11.9. The molecule has 0 N–H and O–H groups in total. The molecule has 3 nitrogen and oxygen atoms in total. The Balaban J connectivity index is 2.57. The fourth-order valence-corrected chi connectivity index (χ4v) is 2.55. The Kier molecular flexibility index (Phi) is 3.43. The molecule has 17 heavy (non-hydrogen) atoms. The van der Waals surface area contributed by atoms with Crippen LogP contribution in [0.15, 0.2) is 16.6 Å². The van der Waals surface area contributed by atoms with Crippen LogP contribution < -0.4 is 9.64 Å². The Bertz CT molecular complexity index is 459. The van der Waals surface area contributed by atoms with Gasteiger partial charge in [0.05, 0.1) is 16.6 Å². The van der Waals surface area contributed by atoms with Gasteiger partial charge >= 0.3 is 0 Å². The number of ether oxygens (including phenoxy) is 1. The van der Waals surface area contributed by atoms with Crippen LogP contribution in [0.5, 0.6) is 5.75 Å². The number of nitrogens with zero attached hydrogens (tertiary/aromatic N) is 1. The number of hydrogen-bond acceptors (Lipinski definition) is 2. The molecule has 0 bridgehead atoms. The third kappa shape index (κ3) is 2.32. The van der Waals surface area contributed by atoms with E-state index in [2.05, 4.69) is 28.9 Å². The molecule has 0 fully saturated rings.